The predicted octanol–water partition coefficient (Wildman–Crippen LogP) is 1.98. The third-order valence-corrected chi connectivity index (χ3v) is 2.53. The Kier molecular flexibility index (Phi) is 5.97. The molecular weight excluding hydrogens is 194 g/mol. The van der Waals surface area contributed by atoms with E-state index in [-0.39, 0.29) is 17.6 Å². The SMILES string of the molecule is CCC(C)C(=O)C(NC(=O)OC)C(C)C. The summed E-state index contributed by atoms with van der Waals surface area (Å²) in [5.41, 5.74) is 0. The van der Waals surface area contributed by atoms with Gasteiger partial charge in [0.25, 0.3) is 0 Å². The summed E-state index contributed by atoms with van der Waals surface area (Å²) >= 11 is 0. The second-order valence-electron chi connectivity index (χ2n) is 4.07. The minimum Gasteiger partial charge on any atom is -0.453 e. The Labute approximate surface area is 91.4 Å². The van der Waals surface area contributed by atoms with Gasteiger partial charge in [0.1, 0.15) is 0 Å². The van der Waals surface area contributed by atoms with Gasteiger partial charge in [0.05, 0.1) is 13.2 Å². The number of Topliss-reactive ketones (excluding diaryl/α,β-unsaturated/α-hetero) is 1. The normalized spacial score (nSPS) is 14.5. The molecule has 4 nitrogen and oxygen atoms in total. The lowest BCUT2D eigenvalue weighted by molar-refractivity contribution is -0.125. The van der Waals surface area contributed by atoms with Gasteiger partial charge in [-0.3, -0.25) is 4.79 Å². The monoisotopic (exact) mass is 215 g/mol. The number of nitrogens with one attached hydrogen (secondary N) is 1. The largest absolute Gasteiger partial charge is 0.453 e. The molecule has 0 bridgehead atoms. The van der Waals surface area contributed by atoms with Crippen molar-refractivity contribution in [3.8, 4) is 0 Å². The van der Waals surface area contributed by atoms with E-state index in [2.05, 4.69) is 10.1 Å². The highest BCUT2D eigenvalue weighted by atomic mass is 16.5. The summed E-state index contributed by atoms with van der Waals surface area (Å²) in [6, 6.07) is -0.451. The first-order chi connectivity index (χ1) is 6.93. The first-order valence-corrected chi connectivity index (χ1v) is 5.32. The van der Waals surface area contributed by atoms with Gasteiger partial charge in [0.15, 0.2) is 5.78 Å². The van der Waals surface area contributed by atoms with Crippen LogP contribution in [-0.2, 0) is 9.53 Å². The van der Waals surface area contributed by atoms with Crippen molar-refractivity contribution in [2.75, 3.05) is 7.11 Å². The van der Waals surface area contributed by atoms with Crippen LogP contribution in [0.4, 0.5) is 4.79 Å². The van der Waals surface area contributed by atoms with Crippen molar-refractivity contribution in [1.29, 1.82) is 0 Å². The second kappa shape index (κ2) is 6.43. The zero-order valence-electron chi connectivity index (χ0n) is 10.2. The van der Waals surface area contributed by atoms with Gasteiger partial charge in [-0.05, 0) is 12.3 Å². The molecule has 0 spiro atoms. The lowest BCUT2D eigenvalue weighted by Gasteiger charge is -2.23. The maximum atomic E-state index is 11.9. The average molecular weight is 215 g/mol. The van der Waals surface area contributed by atoms with E-state index in [9.17, 15) is 9.59 Å². The smallest absolute Gasteiger partial charge is 0.407 e. The number of carbonyl (C=O) groups is 2. The number of hydrogen-bond acceptors (Lipinski definition) is 3. The van der Waals surface area contributed by atoms with E-state index in [1.165, 1.54) is 7.11 Å². The van der Waals surface area contributed by atoms with Crippen LogP contribution in [0, 0.1) is 11.8 Å². The maximum absolute atomic E-state index is 11.9. The lowest BCUT2D eigenvalue weighted by atomic mass is 9.91. The Bertz CT molecular complexity index is 226. The standard InChI is InChI=1S/C11H21NO3/c1-6-8(4)10(13)9(7(2)3)12-11(14)15-5/h7-9H,6H2,1-5H3,(H,12,14). The fraction of sp³-hybridized carbons (Fsp3) is 0.818. The molecule has 0 radical (unpaired) electrons. The van der Waals surface area contributed by atoms with Gasteiger partial charge in [-0.1, -0.05) is 27.7 Å². The van der Waals surface area contributed by atoms with Gasteiger partial charge >= 0.3 is 6.09 Å². The van der Waals surface area contributed by atoms with E-state index in [0.717, 1.165) is 6.42 Å². The van der Waals surface area contributed by atoms with Gasteiger partial charge in [-0.15, -0.1) is 0 Å². The molecule has 1 N–H and O–H groups in total. The highest BCUT2D eigenvalue weighted by Crippen LogP contribution is 2.12. The molecule has 0 heterocycles. The number of hydrogen-bond donors (Lipinski definition) is 1. The van der Waals surface area contributed by atoms with Gasteiger partial charge in [0, 0.05) is 5.92 Å². The number of alkyl carbamates (subject to hydrolysis) is 1. The highest BCUT2D eigenvalue weighted by molar-refractivity contribution is 5.89. The molecule has 0 aromatic rings. The molecule has 0 aliphatic rings. The van der Waals surface area contributed by atoms with Crippen LogP contribution in [0.25, 0.3) is 0 Å². The first-order valence-electron chi connectivity index (χ1n) is 5.32. The first kappa shape index (κ1) is 13.9. The summed E-state index contributed by atoms with van der Waals surface area (Å²) in [6.07, 6.45) is 0.232. The third-order valence-electron chi connectivity index (χ3n) is 2.53. The number of amides is 1. The molecule has 0 aliphatic carbocycles. The van der Waals surface area contributed by atoms with Gasteiger partial charge in [-0.25, -0.2) is 4.79 Å². The summed E-state index contributed by atoms with van der Waals surface area (Å²) < 4.78 is 4.49. The molecule has 1 amide bonds. The van der Waals surface area contributed by atoms with Crippen LogP contribution in [0.5, 0.6) is 0 Å². The third kappa shape index (κ3) is 4.32. The summed E-state index contributed by atoms with van der Waals surface area (Å²) in [5, 5.41) is 2.57. The summed E-state index contributed by atoms with van der Waals surface area (Å²) in [5.74, 6) is 0.109. The lowest BCUT2D eigenvalue weighted by Crippen LogP contribution is -2.46. The molecule has 0 rings (SSSR count). The van der Waals surface area contributed by atoms with Crippen LogP contribution >= 0.6 is 0 Å². The summed E-state index contributed by atoms with van der Waals surface area (Å²) in [4.78, 5) is 23.0. The van der Waals surface area contributed by atoms with Crippen LogP contribution in [0.1, 0.15) is 34.1 Å². The molecule has 15 heavy (non-hydrogen) atoms. The van der Waals surface area contributed by atoms with E-state index in [1.54, 1.807) is 0 Å². The van der Waals surface area contributed by atoms with Crippen LogP contribution < -0.4 is 5.32 Å². The fourth-order valence-corrected chi connectivity index (χ4v) is 1.26. The Morgan fingerprint density at radius 1 is 1.27 bits per heavy atom. The summed E-state index contributed by atoms with van der Waals surface area (Å²) in [6.45, 7) is 7.64. The van der Waals surface area contributed by atoms with Crippen molar-refractivity contribution in [1.82, 2.24) is 5.32 Å². The zero-order valence-corrected chi connectivity index (χ0v) is 10.2. The van der Waals surface area contributed by atoms with Crippen molar-refractivity contribution in [2.24, 2.45) is 11.8 Å². The van der Waals surface area contributed by atoms with Crippen molar-refractivity contribution in [3.05, 3.63) is 0 Å². The van der Waals surface area contributed by atoms with E-state index in [1.807, 2.05) is 27.7 Å². The fourth-order valence-electron chi connectivity index (χ4n) is 1.26. The molecular formula is C11H21NO3. The number of carbonyl (C=O) groups excluding carboxylic acids is 2. The second-order valence-corrected chi connectivity index (χ2v) is 4.07. The number of ether oxygens (including phenoxy) is 1. The molecule has 0 aromatic carbocycles. The number of ketones is 1. The van der Waals surface area contributed by atoms with Gasteiger partial charge in [0.2, 0.25) is 0 Å². The van der Waals surface area contributed by atoms with Gasteiger partial charge < -0.3 is 10.1 Å². The zero-order chi connectivity index (χ0) is 12.0. The minimum absolute atomic E-state index is 0.0328. The molecule has 0 fully saturated rings. The Balaban J connectivity index is 4.52. The quantitative estimate of drug-likeness (QED) is 0.763. The van der Waals surface area contributed by atoms with Crippen molar-refractivity contribution in [2.45, 2.75) is 40.2 Å². The molecule has 2 atom stereocenters. The summed E-state index contributed by atoms with van der Waals surface area (Å²) in [7, 11) is 1.29. The van der Waals surface area contributed by atoms with Crippen molar-refractivity contribution < 1.29 is 14.3 Å². The molecule has 88 valence electrons. The molecule has 4 heteroatoms. The van der Waals surface area contributed by atoms with Crippen LogP contribution in [-0.4, -0.2) is 25.0 Å². The van der Waals surface area contributed by atoms with E-state index in [4.69, 9.17) is 0 Å². The van der Waals surface area contributed by atoms with Crippen LogP contribution in [0.15, 0.2) is 0 Å². The molecule has 0 saturated heterocycles. The predicted molar refractivity (Wildman–Crippen MR) is 58.6 cm³/mol. The van der Waals surface area contributed by atoms with E-state index < -0.39 is 12.1 Å². The molecule has 0 saturated carbocycles. The molecule has 2 unspecified atom stereocenters. The van der Waals surface area contributed by atoms with E-state index >= 15 is 0 Å². The highest BCUT2D eigenvalue weighted by Gasteiger charge is 2.27. The Hall–Kier alpha value is -1.06. The average Bonchev–Trinajstić information content (AvgIpc) is 2.22. The minimum atomic E-state index is -0.551. The Morgan fingerprint density at radius 2 is 1.80 bits per heavy atom. The van der Waals surface area contributed by atoms with Gasteiger partial charge in [-0.2, -0.15) is 0 Å². The molecule has 0 aliphatic heterocycles. The maximum Gasteiger partial charge on any atom is 0.407 e. The van der Waals surface area contributed by atoms with Crippen molar-refractivity contribution in [3.63, 3.8) is 0 Å². The van der Waals surface area contributed by atoms with Crippen LogP contribution in [0.2, 0.25) is 0 Å². The number of rotatable bonds is 5. The topological polar surface area (TPSA) is 55.4 Å². The van der Waals surface area contributed by atoms with Crippen molar-refractivity contribution >= 4 is 11.9 Å². The Morgan fingerprint density at radius 3 is 2.13 bits per heavy atom. The molecule has 0 aromatic heterocycles. The van der Waals surface area contributed by atoms with Crippen LogP contribution in [0.3, 0.4) is 0 Å². The number of methoxy groups -OCH3 is 1. The van der Waals surface area contributed by atoms with E-state index in [0.29, 0.717) is 0 Å².